The van der Waals surface area contributed by atoms with Gasteiger partial charge in [-0.1, -0.05) is 58.8 Å². The van der Waals surface area contributed by atoms with Crippen molar-refractivity contribution in [3.8, 4) is 11.5 Å². The van der Waals surface area contributed by atoms with Gasteiger partial charge in [-0.15, -0.1) is 0 Å². The fourth-order valence-electron chi connectivity index (χ4n) is 4.05. The average Bonchev–Trinajstić information content (AvgIpc) is 3.44. The third kappa shape index (κ3) is 4.87. The summed E-state index contributed by atoms with van der Waals surface area (Å²) in [7, 11) is 0. The zero-order chi connectivity index (χ0) is 23.7. The Kier molecular flexibility index (Phi) is 6.68. The largest absolute Gasteiger partial charge is 0.491 e. The van der Waals surface area contributed by atoms with E-state index in [1.54, 1.807) is 0 Å². The van der Waals surface area contributed by atoms with Gasteiger partial charge < -0.3 is 18.8 Å². The Morgan fingerprint density at radius 3 is 2.35 bits per heavy atom. The number of aryl methyl sites for hydroxylation is 2. The van der Waals surface area contributed by atoms with Gasteiger partial charge in [0.25, 0.3) is 0 Å². The van der Waals surface area contributed by atoms with Gasteiger partial charge in [0.2, 0.25) is 0 Å². The number of aromatic nitrogens is 3. The first-order valence-corrected chi connectivity index (χ1v) is 12.8. The lowest BCUT2D eigenvalue weighted by molar-refractivity contribution is -0.0339. The molecular formula is C26H26ClN3O3S. The fraction of sp³-hybridized carbons (Fsp3) is 0.308. The van der Waals surface area contributed by atoms with Gasteiger partial charge in [-0.25, -0.2) is 9.97 Å². The minimum atomic E-state index is -0.264. The molecule has 0 aliphatic carbocycles. The number of hydrogen-bond donors (Lipinski definition) is 0. The molecule has 0 N–H and O–H groups in total. The number of hydrogen-bond acceptors (Lipinski definition) is 6. The fourth-order valence-corrected chi connectivity index (χ4v) is 4.69. The monoisotopic (exact) mass is 495 g/mol. The number of rotatable bonds is 7. The Morgan fingerprint density at radius 2 is 1.68 bits per heavy atom. The van der Waals surface area contributed by atoms with Crippen LogP contribution in [0, 0.1) is 13.8 Å². The van der Waals surface area contributed by atoms with Gasteiger partial charge >= 0.3 is 0 Å². The van der Waals surface area contributed by atoms with Gasteiger partial charge in [-0.2, -0.15) is 0 Å². The highest BCUT2D eigenvalue weighted by molar-refractivity contribution is 7.98. The third-order valence-electron chi connectivity index (χ3n) is 5.92. The van der Waals surface area contributed by atoms with Crippen LogP contribution in [0.5, 0.6) is 11.5 Å². The van der Waals surface area contributed by atoms with E-state index >= 15 is 0 Å². The Morgan fingerprint density at radius 1 is 1.00 bits per heavy atom. The van der Waals surface area contributed by atoms with Crippen molar-refractivity contribution < 1.29 is 14.2 Å². The summed E-state index contributed by atoms with van der Waals surface area (Å²) in [6, 6.07) is 18.0. The molecule has 176 valence electrons. The quantitative estimate of drug-likeness (QED) is 0.172. The first-order chi connectivity index (χ1) is 16.5. The van der Waals surface area contributed by atoms with Crippen LogP contribution in [-0.4, -0.2) is 39.6 Å². The summed E-state index contributed by atoms with van der Waals surface area (Å²) in [6.45, 7) is 4.49. The SMILES string of the molecule is CSc1nc(Cl)c2ccn([C@H]3C[C@H](Oc4ccc(C)cc4)[C@@H](COc4ccc(C)cc4)O3)c2n1. The number of ether oxygens (including phenoxy) is 3. The Balaban J connectivity index is 1.40. The first-order valence-electron chi connectivity index (χ1n) is 11.2. The van der Waals surface area contributed by atoms with E-state index in [9.17, 15) is 0 Å². The second-order valence-electron chi connectivity index (χ2n) is 8.42. The molecule has 4 aromatic rings. The molecule has 1 fully saturated rings. The molecule has 34 heavy (non-hydrogen) atoms. The molecule has 1 aliphatic heterocycles. The van der Waals surface area contributed by atoms with Crippen molar-refractivity contribution in [3.05, 3.63) is 77.1 Å². The van der Waals surface area contributed by atoms with Gasteiger partial charge in [0, 0.05) is 12.6 Å². The highest BCUT2D eigenvalue weighted by Crippen LogP contribution is 2.36. The summed E-state index contributed by atoms with van der Waals surface area (Å²) in [5.74, 6) is 1.62. The number of benzene rings is 2. The normalized spacial score (nSPS) is 20.1. The molecule has 0 bridgehead atoms. The molecule has 3 heterocycles. The van der Waals surface area contributed by atoms with Crippen LogP contribution in [0.4, 0.5) is 0 Å². The highest BCUT2D eigenvalue weighted by atomic mass is 35.5. The lowest BCUT2D eigenvalue weighted by Crippen LogP contribution is -2.32. The molecular weight excluding hydrogens is 470 g/mol. The van der Waals surface area contributed by atoms with E-state index < -0.39 is 0 Å². The summed E-state index contributed by atoms with van der Waals surface area (Å²) in [5, 5.41) is 1.87. The van der Waals surface area contributed by atoms with Crippen molar-refractivity contribution in [2.75, 3.05) is 12.9 Å². The standard InChI is InChI=1S/C26H26ClN3O3S/c1-16-4-8-18(9-5-16)31-15-22-21(32-19-10-6-17(2)7-11-19)14-23(33-22)30-13-12-20-24(27)28-26(34-3)29-25(20)30/h4-13,21-23H,14-15H2,1-3H3/t21-,22+,23+/m0/s1. The topological polar surface area (TPSA) is 58.4 Å². The molecule has 1 saturated heterocycles. The minimum Gasteiger partial charge on any atom is -0.491 e. The first kappa shape index (κ1) is 23.0. The van der Waals surface area contributed by atoms with E-state index in [1.165, 1.54) is 22.9 Å². The smallest absolute Gasteiger partial charge is 0.190 e. The van der Waals surface area contributed by atoms with Gasteiger partial charge in [0.1, 0.15) is 47.3 Å². The van der Waals surface area contributed by atoms with Crippen molar-refractivity contribution in [2.24, 2.45) is 0 Å². The molecule has 3 atom stereocenters. The molecule has 1 aliphatic rings. The molecule has 6 nitrogen and oxygen atoms in total. The van der Waals surface area contributed by atoms with E-state index in [4.69, 9.17) is 25.8 Å². The summed E-state index contributed by atoms with van der Waals surface area (Å²) < 4.78 is 21.0. The summed E-state index contributed by atoms with van der Waals surface area (Å²) in [4.78, 5) is 9.02. The third-order valence-corrected chi connectivity index (χ3v) is 6.76. The van der Waals surface area contributed by atoms with Crippen LogP contribution in [-0.2, 0) is 4.74 Å². The lowest BCUT2D eigenvalue weighted by Gasteiger charge is -2.20. The second kappa shape index (κ2) is 9.86. The van der Waals surface area contributed by atoms with Gasteiger partial charge in [-0.3, -0.25) is 0 Å². The summed E-state index contributed by atoms with van der Waals surface area (Å²) in [6.07, 6.45) is 3.82. The molecule has 5 rings (SSSR count). The van der Waals surface area contributed by atoms with Crippen molar-refractivity contribution in [2.45, 2.75) is 43.9 Å². The van der Waals surface area contributed by atoms with Gasteiger partial charge in [-0.05, 0) is 50.4 Å². The average molecular weight is 496 g/mol. The maximum atomic E-state index is 6.48. The molecule has 0 radical (unpaired) electrons. The molecule has 0 amide bonds. The van der Waals surface area contributed by atoms with E-state index in [-0.39, 0.29) is 18.4 Å². The number of thioether (sulfide) groups is 1. The van der Waals surface area contributed by atoms with E-state index in [0.29, 0.717) is 23.3 Å². The summed E-state index contributed by atoms with van der Waals surface area (Å²) in [5.41, 5.74) is 3.13. The molecule has 2 aromatic heterocycles. The summed E-state index contributed by atoms with van der Waals surface area (Å²) >= 11 is 7.86. The number of fused-ring (bicyclic) bond motifs is 1. The van der Waals surface area contributed by atoms with Crippen LogP contribution in [0.15, 0.2) is 66.0 Å². The van der Waals surface area contributed by atoms with Crippen molar-refractivity contribution >= 4 is 34.4 Å². The van der Waals surface area contributed by atoms with Crippen molar-refractivity contribution in [1.82, 2.24) is 14.5 Å². The van der Waals surface area contributed by atoms with Crippen LogP contribution >= 0.6 is 23.4 Å². The van der Waals surface area contributed by atoms with Crippen LogP contribution in [0.3, 0.4) is 0 Å². The maximum absolute atomic E-state index is 6.48. The van der Waals surface area contributed by atoms with Gasteiger partial charge in [0.05, 0.1) is 5.39 Å². The van der Waals surface area contributed by atoms with E-state index in [1.807, 2.05) is 71.6 Å². The number of halogens is 1. The zero-order valence-electron chi connectivity index (χ0n) is 19.3. The lowest BCUT2D eigenvalue weighted by atomic mass is 10.1. The predicted octanol–water partition coefficient (Wildman–Crippen LogP) is 6.24. The Bertz CT molecular complexity index is 1280. The van der Waals surface area contributed by atoms with Crippen molar-refractivity contribution in [3.63, 3.8) is 0 Å². The van der Waals surface area contributed by atoms with Gasteiger partial charge in [0.15, 0.2) is 5.16 Å². The van der Waals surface area contributed by atoms with E-state index in [0.717, 1.165) is 22.5 Å². The predicted molar refractivity (Wildman–Crippen MR) is 135 cm³/mol. The van der Waals surface area contributed by atoms with Crippen LogP contribution < -0.4 is 9.47 Å². The zero-order valence-corrected chi connectivity index (χ0v) is 20.8. The van der Waals surface area contributed by atoms with E-state index in [2.05, 4.69) is 23.8 Å². The van der Waals surface area contributed by atoms with Crippen molar-refractivity contribution in [1.29, 1.82) is 0 Å². The Labute approximate surface area is 208 Å². The van der Waals surface area contributed by atoms with Crippen LogP contribution in [0.1, 0.15) is 23.8 Å². The molecule has 0 unspecified atom stereocenters. The molecule has 0 spiro atoms. The maximum Gasteiger partial charge on any atom is 0.190 e. The number of nitrogens with zero attached hydrogens (tertiary/aromatic N) is 3. The minimum absolute atomic E-state index is 0.187. The van der Waals surface area contributed by atoms with Crippen LogP contribution in [0.25, 0.3) is 11.0 Å². The molecule has 0 saturated carbocycles. The molecule has 8 heteroatoms. The Hall–Kier alpha value is -2.74. The highest BCUT2D eigenvalue weighted by Gasteiger charge is 2.39. The van der Waals surface area contributed by atoms with Crippen LogP contribution in [0.2, 0.25) is 5.15 Å². The second-order valence-corrected chi connectivity index (χ2v) is 9.55. The molecule has 2 aromatic carbocycles.